The molecule has 3 rings (SSSR count). The minimum atomic E-state index is 0.638. The molecule has 0 radical (unpaired) electrons. The zero-order valence-corrected chi connectivity index (χ0v) is 14.6. The summed E-state index contributed by atoms with van der Waals surface area (Å²) in [5, 5.41) is 6.72. The highest BCUT2D eigenvalue weighted by atomic mass is 15.1. The van der Waals surface area contributed by atoms with Crippen LogP contribution in [0.3, 0.4) is 0 Å². The van der Waals surface area contributed by atoms with E-state index in [4.69, 9.17) is 0 Å². The number of rotatable bonds is 8. The van der Waals surface area contributed by atoms with Crippen LogP contribution in [-0.2, 0) is 12.8 Å². The summed E-state index contributed by atoms with van der Waals surface area (Å²) in [4.78, 5) is 9.23. The first-order valence-corrected chi connectivity index (χ1v) is 8.81. The molecule has 1 heterocycles. The summed E-state index contributed by atoms with van der Waals surface area (Å²) in [5.74, 6) is 1.51. The van der Waals surface area contributed by atoms with Gasteiger partial charge in [0.25, 0.3) is 0 Å². The van der Waals surface area contributed by atoms with E-state index in [9.17, 15) is 0 Å². The van der Waals surface area contributed by atoms with Gasteiger partial charge in [0, 0.05) is 24.0 Å². The van der Waals surface area contributed by atoms with E-state index in [1.807, 2.05) is 42.5 Å². The van der Waals surface area contributed by atoms with Gasteiger partial charge in [-0.15, -0.1) is 0 Å². The molecule has 4 heteroatoms. The van der Waals surface area contributed by atoms with Crippen LogP contribution in [0.15, 0.2) is 66.7 Å². The third kappa shape index (κ3) is 5.31. The number of nitrogens with zero attached hydrogens (tertiary/aromatic N) is 2. The van der Waals surface area contributed by atoms with Crippen molar-refractivity contribution in [3.63, 3.8) is 0 Å². The van der Waals surface area contributed by atoms with Gasteiger partial charge in [0.05, 0.1) is 0 Å². The number of para-hydroxylation sites is 1. The van der Waals surface area contributed by atoms with E-state index in [2.05, 4.69) is 51.8 Å². The number of aromatic nitrogens is 2. The van der Waals surface area contributed by atoms with Crippen LogP contribution in [0.2, 0.25) is 0 Å². The van der Waals surface area contributed by atoms with E-state index in [1.54, 1.807) is 0 Å². The molecule has 0 saturated carbocycles. The van der Waals surface area contributed by atoms with Crippen LogP contribution in [-0.4, -0.2) is 16.5 Å². The summed E-state index contributed by atoms with van der Waals surface area (Å²) < 4.78 is 0. The van der Waals surface area contributed by atoms with Gasteiger partial charge in [-0.25, -0.2) is 4.98 Å². The van der Waals surface area contributed by atoms with E-state index >= 15 is 0 Å². The topological polar surface area (TPSA) is 49.8 Å². The van der Waals surface area contributed by atoms with Gasteiger partial charge >= 0.3 is 0 Å². The molecule has 0 fully saturated rings. The summed E-state index contributed by atoms with van der Waals surface area (Å²) in [6.07, 6.45) is 2.97. The van der Waals surface area contributed by atoms with Gasteiger partial charge < -0.3 is 10.6 Å². The Morgan fingerprint density at radius 2 is 1.56 bits per heavy atom. The second kappa shape index (κ2) is 8.83. The minimum absolute atomic E-state index is 0.638. The largest absolute Gasteiger partial charge is 0.370 e. The molecule has 0 saturated heterocycles. The number of benzene rings is 2. The Balaban J connectivity index is 1.69. The van der Waals surface area contributed by atoms with Gasteiger partial charge in [-0.3, -0.25) is 0 Å². The Bertz CT molecular complexity index is 772. The number of hydrogen-bond donors (Lipinski definition) is 2. The van der Waals surface area contributed by atoms with Crippen LogP contribution in [0.4, 0.5) is 17.5 Å². The summed E-state index contributed by atoms with van der Waals surface area (Å²) in [7, 11) is 0. The first kappa shape index (κ1) is 17.0. The smallest absolute Gasteiger partial charge is 0.229 e. The maximum Gasteiger partial charge on any atom is 0.229 e. The molecule has 1 aromatic heterocycles. The molecule has 128 valence electrons. The van der Waals surface area contributed by atoms with Crippen LogP contribution < -0.4 is 10.6 Å². The first-order chi connectivity index (χ1) is 12.3. The Morgan fingerprint density at radius 1 is 0.840 bits per heavy atom. The molecule has 2 N–H and O–H groups in total. The molecule has 2 aromatic carbocycles. The van der Waals surface area contributed by atoms with Crippen LogP contribution in [0, 0.1) is 0 Å². The van der Waals surface area contributed by atoms with Crippen molar-refractivity contribution in [2.24, 2.45) is 0 Å². The first-order valence-electron chi connectivity index (χ1n) is 8.81. The third-order valence-electron chi connectivity index (χ3n) is 3.88. The quantitative estimate of drug-likeness (QED) is 0.620. The predicted molar refractivity (Wildman–Crippen MR) is 104 cm³/mol. The summed E-state index contributed by atoms with van der Waals surface area (Å²) in [6.45, 7) is 3.01. The highest BCUT2D eigenvalue weighted by Gasteiger charge is 2.05. The molecular weight excluding hydrogens is 308 g/mol. The van der Waals surface area contributed by atoms with Crippen molar-refractivity contribution < 1.29 is 0 Å². The normalized spacial score (nSPS) is 10.4. The maximum absolute atomic E-state index is 4.62. The highest BCUT2D eigenvalue weighted by molar-refractivity contribution is 5.55. The van der Waals surface area contributed by atoms with Crippen LogP contribution in [0.5, 0.6) is 0 Å². The van der Waals surface area contributed by atoms with Crippen LogP contribution >= 0.6 is 0 Å². The second-order valence-corrected chi connectivity index (χ2v) is 5.97. The lowest BCUT2D eigenvalue weighted by atomic mass is 10.1. The molecule has 4 nitrogen and oxygen atoms in total. The zero-order chi connectivity index (χ0) is 17.3. The van der Waals surface area contributed by atoms with E-state index in [0.29, 0.717) is 5.95 Å². The molecule has 25 heavy (non-hydrogen) atoms. The van der Waals surface area contributed by atoms with Crippen molar-refractivity contribution >= 4 is 17.5 Å². The molecule has 0 aliphatic rings. The summed E-state index contributed by atoms with van der Waals surface area (Å²) >= 11 is 0. The van der Waals surface area contributed by atoms with Gasteiger partial charge in [0.2, 0.25) is 5.95 Å². The van der Waals surface area contributed by atoms with E-state index in [1.165, 1.54) is 5.56 Å². The summed E-state index contributed by atoms with van der Waals surface area (Å²) in [5.41, 5.74) is 3.37. The lowest BCUT2D eigenvalue weighted by Gasteiger charge is -2.11. The van der Waals surface area contributed by atoms with Gasteiger partial charge in [-0.1, -0.05) is 61.9 Å². The third-order valence-corrected chi connectivity index (χ3v) is 3.88. The highest BCUT2D eigenvalue weighted by Crippen LogP contribution is 2.16. The fraction of sp³-hybridized carbons (Fsp3) is 0.238. The van der Waals surface area contributed by atoms with Crippen molar-refractivity contribution in [2.45, 2.75) is 26.2 Å². The van der Waals surface area contributed by atoms with E-state index in [0.717, 1.165) is 43.0 Å². The monoisotopic (exact) mass is 332 g/mol. The van der Waals surface area contributed by atoms with E-state index in [-0.39, 0.29) is 0 Å². The molecule has 0 atom stereocenters. The standard InChI is InChI=1S/C21H24N4/c1-2-9-19-16-20(22-15-14-17-10-5-3-6-11-17)25-21(24-19)23-18-12-7-4-8-13-18/h3-8,10-13,16H,2,9,14-15H2,1H3,(H2,22,23,24,25). The van der Waals surface area contributed by atoms with Gasteiger partial charge in [0.15, 0.2) is 0 Å². The molecule has 0 aliphatic heterocycles. The van der Waals surface area contributed by atoms with Crippen LogP contribution in [0.25, 0.3) is 0 Å². The fourth-order valence-corrected chi connectivity index (χ4v) is 2.66. The number of aryl methyl sites for hydroxylation is 1. The lowest BCUT2D eigenvalue weighted by molar-refractivity contribution is 0.873. The second-order valence-electron chi connectivity index (χ2n) is 5.97. The molecule has 0 amide bonds. The predicted octanol–water partition coefficient (Wildman–Crippen LogP) is 4.83. The number of hydrogen-bond acceptors (Lipinski definition) is 4. The average molecular weight is 332 g/mol. The molecule has 0 bridgehead atoms. The van der Waals surface area contributed by atoms with Gasteiger partial charge in [0.1, 0.15) is 5.82 Å². The van der Waals surface area contributed by atoms with Crippen molar-refractivity contribution in [3.8, 4) is 0 Å². The lowest BCUT2D eigenvalue weighted by Crippen LogP contribution is -2.09. The maximum atomic E-state index is 4.62. The fourth-order valence-electron chi connectivity index (χ4n) is 2.66. The Labute approximate surface area is 149 Å². The number of nitrogens with one attached hydrogen (secondary N) is 2. The van der Waals surface area contributed by atoms with Gasteiger partial charge in [-0.2, -0.15) is 4.98 Å². The van der Waals surface area contributed by atoms with Crippen molar-refractivity contribution in [3.05, 3.63) is 78.0 Å². The molecular formula is C21H24N4. The van der Waals surface area contributed by atoms with Crippen molar-refractivity contribution in [1.82, 2.24) is 9.97 Å². The summed E-state index contributed by atoms with van der Waals surface area (Å²) in [6, 6.07) is 22.5. The van der Waals surface area contributed by atoms with E-state index < -0.39 is 0 Å². The van der Waals surface area contributed by atoms with Crippen molar-refractivity contribution in [1.29, 1.82) is 0 Å². The Hall–Kier alpha value is -2.88. The van der Waals surface area contributed by atoms with Crippen molar-refractivity contribution in [2.75, 3.05) is 17.2 Å². The molecule has 0 unspecified atom stereocenters. The molecule has 0 aliphatic carbocycles. The van der Waals surface area contributed by atoms with Crippen LogP contribution in [0.1, 0.15) is 24.6 Å². The SMILES string of the molecule is CCCc1cc(NCCc2ccccc2)nc(Nc2ccccc2)n1. The minimum Gasteiger partial charge on any atom is -0.370 e. The number of anilines is 3. The zero-order valence-electron chi connectivity index (χ0n) is 14.6. The van der Waals surface area contributed by atoms with Gasteiger partial charge in [-0.05, 0) is 30.5 Å². The molecule has 3 aromatic rings. The Morgan fingerprint density at radius 3 is 2.28 bits per heavy atom. The molecule has 0 spiro atoms. The average Bonchev–Trinajstić information content (AvgIpc) is 2.64. The Kier molecular flexibility index (Phi) is 5.99.